The van der Waals surface area contributed by atoms with E-state index >= 15 is 0 Å². The fourth-order valence-electron chi connectivity index (χ4n) is 6.66. The molecule has 3 aromatic rings. The topological polar surface area (TPSA) is 49.8 Å². The van der Waals surface area contributed by atoms with Gasteiger partial charge in [-0.25, -0.2) is 9.18 Å². The summed E-state index contributed by atoms with van der Waals surface area (Å²) in [5, 5.41) is 9.87. The molecule has 45 heavy (non-hydrogen) atoms. The van der Waals surface area contributed by atoms with Crippen LogP contribution in [0.25, 0.3) is 0 Å². The quantitative estimate of drug-likeness (QED) is 0.250. The van der Waals surface area contributed by atoms with Crippen molar-refractivity contribution in [3.63, 3.8) is 0 Å². The fraction of sp³-hybridized carbons (Fsp3) is 0.441. The Balaban J connectivity index is 1.33. The highest BCUT2D eigenvalue weighted by Gasteiger charge is 2.40. The SMILES string of the molecule is O=C(O)C(OCC1(c2ccc(N3CCC(c4ccc(F)cc4)CC3)cc2)CCCCC1)c1cc(C(F)(F)F)cc(C(F)(F)F)c1. The molecule has 1 aliphatic heterocycles. The molecule has 1 saturated carbocycles. The minimum atomic E-state index is -5.11. The molecule has 0 amide bonds. The Bertz CT molecular complexity index is 1420. The minimum absolute atomic E-state index is 0.0299. The predicted octanol–water partition coefficient (Wildman–Crippen LogP) is 9.29. The summed E-state index contributed by atoms with van der Waals surface area (Å²) < 4.78 is 99.9. The predicted molar refractivity (Wildman–Crippen MR) is 155 cm³/mol. The summed E-state index contributed by atoms with van der Waals surface area (Å²) in [5.74, 6) is -1.59. The van der Waals surface area contributed by atoms with E-state index < -0.39 is 46.5 Å². The highest BCUT2D eigenvalue weighted by Crippen LogP contribution is 2.43. The van der Waals surface area contributed by atoms with Crippen molar-refractivity contribution in [3.05, 3.63) is 100 Å². The van der Waals surface area contributed by atoms with Crippen LogP contribution in [0, 0.1) is 5.82 Å². The van der Waals surface area contributed by atoms with E-state index in [2.05, 4.69) is 4.90 Å². The summed E-state index contributed by atoms with van der Waals surface area (Å²) in [6, 6.07) is 15.3. The van der Waals surface area contributed by atoms with E-state index in [1.165, 1.54) is 12.1 Å². The lowest BCUT2D eigenvalue weighted by Crippen LogP contribution is -2.36. The lowest BCUT2D eigenvalue weighted by molar-refractivity contribution is -0.153. The Morgan fingerprint density at radius 2 is 1.40 bits per heavy atom. The first-order chi connectivity index (χ1) is 21.2. The Hall–Kier alpha value is -3.60. The van der Waals surface area contributed by atoms with Crippen LogP contribution in [0.2, 0.25) is 0 Å². The second-order valence-corrected chi connectivity index (χ2v) is 12.1. The molecule has 1 atom stereocenters. The number of alkyl halides is 6. The highest BCUT2D eigenvalue weighted by molar-refractivity contribution is 5.74. The molecule has 0 bridgehead atoms. The number of hydrogen-bond donors (Lipinski definition) is 1. The van der Waals surface area contributed by atoms with E-state index in [-0.39, 0.29) is 18.5 Å². The molecule has 242 valence electrons. The number of piperidine rings is 1. The number of carboxylic acids is 1. The van der Waals surface area contributed by atoms with Gasteiger partial charge in [0.15, 0.2) is 6.10 Å². The van der Waals surface area contributed by atoms with E-state index in [4.69, 9.17) is 4.74 Å². The van der Waals surface area contributed by atoms with Crippen LogP contribution in [-0.4, -0.2) is 30.8 Å². The van der Waals surface area contributed by atoms with Gasteiger partial charge in [-0.3, -0.25) is 0 Å². The van der Waals surface area contributed by atoms with Crippen molar-refractivity contribution >= 4 is 11.7 Å². The molecule has 1 heterocycles. The molecule has 0 spiro atoms. The summed E-state index contributed by atoms with van der Waals surface area (Å²) in [6.07, 6.45) is -6.55. The number of benzene rings is 3. The molecule has 2 fully saturated rings. The zero-order valence-electron chi connectivity index (χ0n) is 24.4. The maximum Gasteiger partial charge on any atom is 0.416 e. The van der Waals surface area contributed by atoms with Crippen LogP contribution in [-0.2, 0) is 27.3 Å². The van der Waals surface area contributed by atoms with Crippen molar-refractivity contribution in [3.8, 4) is 0 Å². The zero-order chi connectivity index (χ0) is 32.4. The summed E-state index contributed by atoms with van der Waals surface area (Å²) in [5.41, 5.74) is -1.53. The van der Waals surface area contributed by atoms with Crippen LogP contribution in [0.15, 0.2) is 66.7 Å². The second kappa shape index (κ2) is 13.0. The Labute approximate surface area is 256 Å². The average molecular weight is 638 g/mol. The highest BCUT2D eigenvalue weighted by atomic mass is 19.4. The summed E-state index contributed by atoms with van der Waals surface area (Å²) in [7, 11) is 0. The van der Waals surface area contributed by atoms with Crippen LogP contribution in [0.4, 0.5) is 36.4 Å². The third kappa shape index (κ3) is 7.62. The third-order valence-corrected chi connectivity index (χ3v) is 9.16. The Morgan fingerprint density at radius 3 is 1.91 bits per heavy atom. The number of anilines is 1. The first kappa shape index (κ1) is 32.8. The van der Waals surface area contributed by atoms with Gasteiger partial charge >= 0.3 is 18.3 Å². The first-order valence-corrected chi connectivity index (χ1v) is 15.0. The van der Waals surface area contributed by atoms with Gasteiger partial charge in [0, 0.05) is 24.2 Å². The number of rotatable bonds is 8. The van der Waals surface area contributed by atoms with Gasteiger partial charge in [-0.1, -0.05) is 43.5 Å². The lowest BCUT2D eigenvalue weighted by Gasteiger charge is -2.39. The number of aliphatic carboxylic acids is 1. The number of ether oxygens (including phenoxy) is 1. The largest absolute Gasteiger partial charge is 0.479 e. The lowest BCUT2D eigenvalue weighted by atomic mass is 9.70. The molecular formula is C34H34F7NO3. The van der Waals surface area contributed by atoms with Crippen LogP contribution in [0.1, 0.15) is 84.8 Å². The molecule has 1 N–H and O–H groups in total. The van der Waals surface area contributed by atoms with E-state index in [0.717, 1.165) is 62.0 Å². The van der Waals surface area contributed by atoms with E-state index in [0.29, 0.717) is 30.9 Å². The van der Waals surface area contributed by atoms with Gasteiger partial charge in [-0.2, -0.15) is 26.3 Å². The van der Waals surface area contributed by atoms with Gasteiger partial charge in [-0.15, -0.1) is 0 Å². The molecule has 5 rings (SSSR count). The minimum Gasteiger partial charge on any atom is -0.479 e. The van der Waals surface area contributed by atoms with E-state index in [1.807, 2.05) is 36.4 Å². The molecule has 1 saturated heterocycles. The smallest absolute Gasteiger partial charge is 0.416 e. The third-order valence-electron chi connectivity index (χ3n) is 9.16. The fourth-order valence-corrected chi connectivity index (χ4v) is 6.66. The molecule has 2 aliphatic rings. The summed E-state index contributed by atoms with van der Waals surface area (Å²) in [6.45, 7) is 1.45. The van der Waals surface area contributed by atoms with Crippen molar-refractivity contribution in [2.24, 2.45) is 0 Å². The van der Waals surface area contributed by atoms with Gasteiger partial charge in [0.2, 0.25) is 0 Å². The number of carboxylic acid groups (broad SMARTS) is 1. The van der Waals surface area contributed by atoms with Crippen LogP contribution >= 0.6 is 0 Å². The van der Waals surface area contributed by atoms with Gasteiger partial charge < -0.3 is 14.7 Å². The second-order valence-electron chi connectivity index (χ2n) is 12.1. The monoisotopic (exact) mass is 637 g/mol. The number of carbonyl (C=O) groups is 1. The van der Waals surface area contributed by atoms with Gasteiger partial charge in [0.1, 0.15) is 5.82 Å². The molecule has 1 unspecified atom stereocenters. The number of halogens is 7. The molecule has 0 radical (unpaired) electrons. The van der Waals surface area contributed by atoms with Crippen molar-refractivity contribution in [1.29, 1.82) is 0 Å². The van der Waals surface area contributed by atoms with Crippen LogP contribution < -0.4 is 4.90 Å². The van der Waals surface area contributed by atoms with Crippen molar-refractivity contribution in [1.82, 2.24) is 0 Å². The Morgan fingerprint density at radius 1 is 0.844 bits per heavy atom. The maximum atomic E-state index is 13.5. The zero-order valence-corrected chi connectivity index (χ0v) is 24.4. The molecular weight excluding hydrogens is 603 g/mol. The summed E-state index contributed by atoms with van der Waals surface area (Å²) in [4.78, 5) is 14.4. The molecule has 3 aromatic carbocycles. The summed E-state index contributed by atoms with van der Waals surface area (Å²) >= 11 is 0. The standard InChI is InChI=1S/C34H34F7NO3/c35-28-8-4-22(5-9-28)23-12-16-42(17-13-23)29-10-6-25(7-11-29)32(14-2-1-3-15-32)21-45-30(31(43)44)24-18-26(33(36,37)38)20-27(19-24)34(39,40)41/h4-11,18-20,23,30H,1-3,12-17,21H2,(H,43,44). The van der Waals surface area contributed by atoms with Gasteiger partial charge in [0.25, 0.3) is 0 Å². The van der Waals surface area contributed by atoms with Crippen molar-refractivity contribution in [2.75, 3.05) is 24.6 Å². The van der Waals surface area contributed by atoms with Crippen molar-refractivity contribution < 1.29 is 45.4 Å². The van der Waals surface area contributed by atoms with E-state index in [1.54, 1.807) is 0 Å². The van der Waals surface area contributed by atoms with Crippen LogP contribution in [0.3, 0.4) is 0 Å². The van der Waals surface area contributed by atoms with Gasteiger partial charge in [0.05, 0.1) is 17.7 Å². The molecule has 11 heteroatoms. The number of hydrogen-bond acceptors (Lipinski definition) is 3. The average Bonchev–Trinajstić information content (AvgIpc) is 3.01. The van der Waals surface area contributed by atoms with Crippen molar-refractivity contribution in [2.45, 2.75) is 74.7 Å². The molecule has 1 aliphatic carbocycles. The first-order valence-electron chi connectivity index (χ1n) is 15.0. The number of nitrogens with zero attached hydrogens (tertiary/aromatic N) is 1. The molecule has 0 aromatic heterocycles. The normalized spacial score (nSPS) is 18.5. The Kier molecular flexibility index (Phi) is 9.49. The van der Waals surface area contributed by atoms with Crippen LogP contribution in [0.5, 0.6) is 0 Å². The maximum absolute atomic E-state index is 13.5. The molecule has 4 nitrogen and oxygen atoms in total. The van der Waals surface area contributed by atoms with Gasteiger partial charge in [-0.05, 0) is 90.8 Å². The van der Waals surface area contributed by atoms with E-state index in [9.17, 15) is 40.6 Å².